The van der Waals surface area contributed by atoms with Gasteiger partial charge in [-0.15, -0.1) is 15.3 Å². The molecule has 0 saturated carbocycles. The number of hydrogen-bond donors (Lipinski definition) is 2. The van der Waals surface area contributed by atoms with Gasteiger partial charge in [0.2, 0.25) is 11.8 Å². The summed E-state index contributed by atoms with van der Waals surface area (Å²) < 4.78 is 5.52. The van der Waals surface area contributed by atoms with Gasteiger partial charge in [0.15, 0.2) is 5.16 Å². The van der Waals surface area contributed by atoms with E-state index < -0.39 is 0 Å². The predicted octanol–water partition coefficient (Wildman–Crippen LogP) is 2.09. The number of aromatic amines is 2. The fraction of sp³-hybridized carbons (Fsp3) is 0.0909. The van der Waals surface area contributed by atoms with Crippen molar-refractivity contribution in [3.05, 3.63) is 45.7 Å². The second-order valence-electron chi connectivity index (χ2n) is 3.78. The lowest BCUT2D eigenvalue weighted by molar-refractivity contribution is 0.528. The van der Waals surface area contributed by atoms with Crippen molar-refractivity contribution in [2.45, 2.75) is 10.9 Å². The van der Waals surface area contributed by atoms with Gasteiger partial charge in [0.25, 0.3) is 0 Å². The minimum absolute atomic E-state index is 0.349. The van der Waals surface area contributed by atoms with Crippen molar-refractivity contribution >= 4 is 23.4 Å². The van der Waals surface area contributed by atoms with Crippen LogP contribution in [0.5, 0.6) is 0 Å². The first-order chi connectivity index (χ1) is 9.70. The zero-order valence-electron chi connectivity index (χ0n) is 9.96. The Labute approximate surface area is 121 Å². The van der Waals surface area contributed by atoms with Crippen LogP contribution in [0.4, 0.5) is 0 Å². The Kier molecular flexibility index (Phi) is 3.57. The maximum atomic E-state index is 10.9. The van der Waals surface area contributed by atoms with E-state index >= 15 is 0 Å². The third-order valence-electron chi connectivity index (χ3n) is 2.35. The van der Waals surface area contributed by atoms with Gasteiger partial charge in [-0.3, -0.25) is 4.98 Å². The molecule has 0 fully saturated rings. The maximum Gasteiger partial charge on any atom is 0.341 e. The lowest BCUT2D eigenvalue weighted by Crippen LogP contribution is -2.00. The van der Waals surface area contributed by atoms with Crippen molar-refractivity contribution in [3.8, 4) is 11.5 Å². The molecule has 0 aliphatic rings. The Morgan fingerprint density at radius 2 is 2.25 bits per heavy atom. The van der Waals surface area contributed by atoms with Gasteiger partial charge >= 0.3 is 5.69 Å². The summed E-state index contributed by atoms with van der Waals surface area (Å²) >= 11 is 7.19. The van der Waals surface area contributed by atoms with Crippen LogP contribution in [0.15, 0.2) is 38.6 Å². The van der Waals surface area contributed by atoms with Crippen molar-refractivity contribution < 1.29 is 4.42 Å². The van der Waals surface area contributed by atoms with Crippen LogP contribution < -0.4 is 5.69 Å². The molecule has 3 aromatic rings. The molecule has 0 bridgehead atoms. The normalized spacial score (nSPS) is 10.8. The fourth-order valence-corrected chi connectivity index (χ4v) is 2.35. The molecule has 2 heterocycles. The molecule has 0 saturated heterocycles. The summed E-state index contributed by atoms with van der Waals surface area (Å²) in [6.45, 7) is 0. The van der Waals surface area contributed by atoms with Crippen molar-refractivity contribution in [2.75, 3.05) is 0 Å². The summed E-state index contributed by atoms with van der Waals surface area (Å²) in [6.07, 6.45) is 0. The summed E-state index contributed by atoms with van der Waals surface area (Å²) in [6, 6.07) is 7.16. The highest BCUT2D eigenvalue weighted by Gasteiger charge is 2.10. The quantitative estimate of drug-likeness (QED) is 0.716. The van der Waals surface area contributed by atoms with Crippen LogP contribution in [-0.2, 0) is 5.75 Å². The molecule has 0 spiro atoms. The molecule has 2 aromatic heterocycles. The smallest absolute Gasteiger partial charge is 0.341 e. The van der Waals surface area contributed by atoms with E-state index in [0.717, 1.165) is 5.56 Å². The Balaban J connectivity index is 1.72. The molecule has 9 heteroatoms. The Morgan fingerprint density at radius 3 is 3.00 bits per heavy atom. The number of nitrogens with one attached hydrogen (secondary N) is 2. The SMILES string of the molecule is O=c1[nH]nc(SCc2nnc(-c3cccc(Cl)c3)o2)[nH]1. The first-order valence-corrected chi connectivity index (χ1v) is 6.93. The molecule has 2 N–H and O–H groups in total. The zero-order chi connectivity index (χ0) is 13.9. The van der Waals surface area contributed by atoms with Crippen LogP contribution in [0.25, 0.3) is 11.5 Å². The lowest BCUT2D eigenvalue weighted by atomic mass is 10.2. The van der Waals surface area contributed by atoms with E-state index in [1.54, 1.807) is 12.1 Å². The fourth-order valence-electron chi connectivity index (χ4n) is 1.50. The second-order valence-corrected chi connectivity index (χ2v) is 5.18. The molecule has 0 aliphatic heterocycles. The highest BCUT2D eigenvalue weighted by molar-refractivity contribution is 7.98. The van der Waals surface area contributed by atoms with Gasteiger partial charge in [0.05, 0.1) is 5.75 Å². The number of H-pyrrole nitrogens is 2. The maximum absolute atomic E-state index is 10.9. The number of aromatic nitrogens is 5. The first kappa shape index (κ1) is 12.9. The Morgan fingerprint density at radius 1 is 1.35 bits per heavy atom. The molecule has 0 atom stereocenters. The second kappa shape index (κ2) is 5.51. The number of hydrogen-bond acceptors (Lipinski definition) is 6. The van der Waals surface area contributed by atoms with E-state index in [1.807, 2.05) is 12.1 Å². The topological polar surface area (TPSA) is 100 Å². The average Bonchev–Trinajstić information content (AvgIpc) is 3.05. The number of halogens is 1. The molecule has 0 amide bonds. The van der Waals surface area contributed by atoms with Gasteiger partial charge < -0.3 is 4.42 Å². The predicted molar refractivity (Wildman–Crippen MR) is 73.5 cm³/mol. The zero-order valence-corrected chi connectivity index (χ0v) is 11.5. The van der Waals surface area contributed by atoms with Crippen LogP contribution in [0.1, 0.15) is 5.89 Å². The summed E-state index contributed by atoms with van der Waals surface area (Å²) in [4.78, 5) is 13.4. The average molecular weight is 310 g/mol. The van der Waals surface area contributed by atoms with E-state index in [9.17, 15) is 4.79 Å². The van der Waals surface area contributed by atoms with E-state index in [1.165, 1.54) is 11.8 Å². The van der Waals surface area contributed by atoms with Crippen LogP contribution in [-0.4, -0.2) is 25.4 Å². The highest BCUT2D eigenvalue weighted by atomic mass is 35.5. The van der Waals surface area contributed by atoms with Crippen molar-refractivity contribution in [3.63, 3.8) is 0 Å². The first-order valence-electron chi connectivity index (χ1n) is 5.56. The third-order valence-corrected chi connectivity index (χ3v) is 3.44. The minimum Gasteiger partial charge on any atom is -0.420 e. The van der Waals surface area contributed by atoms with Gasteiger partial charge in [-0.1, -0.05) is 29.4 Å². The van der Waals surface area contributed by atoms with Crippen molar-refractivity contribution in [1.29, 1.82) is 0 Å². The summed E-state index contributed by atoms with van der Waals surface area (Å²) in [5, 5.41) is 15.0. The summed E-state index contributed by atoms with van der Waals surface area (Å²) in [5.74, 6) is 1.25. The Bertz CT molecular complexity index is 781. The van der Waals surface area contributed by atoms with E-state index in [2.05, 4.69) is 25.4 Å². The molecule has 20 heavy (non-hydrogen) atoms. The summed E-state index contributed by atoms with van der Waals surface area (Å²) in [7, 11) is 0. The summed E-state index contributed by atoms with van der Waals surface area (Å²) in [5.41, 5.74) is 0.409. The van der Waals surface area contributed by atoms with E-state index in [-0.39, 0.29) is 5.69 Å². The highest BCUT2D eigenvalue weighted by Crippen LogP contribution is 2.23. The van der Waals surface area contributed by atoms with Gasteiger partial charge in [-0.2, -0.15) is 0 Å². The van der Waals surface area contributed by atoms with Gasteiger partial charge in [-0.25, -0.2) is 9.89 Å². The molecular weight excluding hydrogens is 302 g/mol. The third kappa shape index (κ3) is 2.91. The molecule has 1 aromatic carbocycles. The number of benzene rings is 1. The standard InChI is InChI=1S/C11H8ClN5O2S/c12-7-3-1-2-6(4-7)9-15-14-8(19-9)5-20-11-13-10(18)16-17-11/h1-4H,5H2,(H2,13,16,17,18). The molecule has 0 aliphatic carbocycles. The van der Waals surface area contributed by atoms with Crippen LogP contribution in [0, 0.1) is 0 Å². The monoisotopic (exact) mass is 309 g/mol. The van der Waals surface area contributed by atoms with Crippen LogP contribution in [0.3, 0.4) is 0 Å². The molecule has 0 unspecified atom stereocenters. The van der Waals surface area contributed by atoms with Crippen molar-refractivity contribution in [1.82, 2.24) is 25.4 Å². The minimum atomic E-state index is -0.349. The van der Waals surface area contributed by atoms with Crippen LogP contribution >= 0.6 is 23.4 Å². The number of thioether (sulfide) groups is 1. The lowest BCUT2D eigenvalue weighted by Gasteiger charge is -1.95. The van der Waals surface area contributed by atoms with Gasteiger partial charge in [-0.05, 0) is 18.2 Å². The largest absolute Gasteiger partial charge is 0.420 e. The molecule has 3 rings (SSSR count). The Hall–Kier alpha value is -2.06. The molecular formula is C11H8ClN5O2S. The number of nitrogens with zero attached hydrogens (tertiary/aromatic N) is 3. The van der Waals surface area contributed by atoms with Crippen molar-refractivity contribution in [2.24, 2.45) is 0 Å². The van der Waals surface area contributed by atoms with Gasteiger partial charge in [0, 0.05) is 10.6 Å². The molecule has 7 nitrogen and oxygen atoms in total. The van der Waals surface area contributed by atoms with Gasteiger partial charge in [0.1, 0.15) is 0 Å². The molecule has 0 radical (unpaired) electrons. The van der Waals surface area contributed by atoms with E-state index in [0.29, 0.717) is 27.7 Å². The molecule has 102 valence electrons. The van der Waals surface area contributed by atoms with Crippen LogP contribution in [0.2, 0.25) is 5.02 Å². The van der Waals surface area contributed by atoms with E-state index in [4.69, 9.17) is 16.0 Å². The number of rotatable bonds is 4.